The first-order valence-corrected chi connectivity index (χ1v) is 11.6. The summed E-state index contributed by atoms with van der Waals surface area (Å²) in [6.07, 6.45) is 4.19. The van der Waals surface area contributed by atoms with Crippen molar-refractivity contribution >= 4 is 16.7 Å². The van der Waals surface area contributed by atoms with E-state index < -0.39 is 0 Å². The van der Waals surface area contributed by atoms with Crippen LogP contribution in [0, 0.1) is 0 Å². The minimum atomic E-state index is 0.0504. The summed E-state index contributed by atoms with van der Waals surface area (Å²) < 4.78 is 0. The fourth-order valence-electron chi connectivity index (χ4n) is 3.58. The van der Waals surface area contributed by atoms with Crippen LogP contribution in [-0.4, -0.2) is 28.0 Å². The van der Waals surface area contributed by atoms with Crippen LogP contribution in [0.4, 0.5) is 0 Å². The molecule has 4 heteroatoms. The normalized spacial score (nSPS) is 9.45. The lowest BCUT2D eigenvalue weighted by Crippen LogP contribution is -2.05. The van der Waals surface area contributed by atoms with E-state index in [0.717, 1.165) is 52.4 Å². The van der Waals surface area contributed by atoms with Crippen LogP contribution in [0.1, 0.15) is 57.5 Å². The van der Waals surface area contributed by atoms with Crippen molar-refractivity contribution in [3.05, 3.63) is 84.2 Å². The van der Waals surface area contributed by atoms with Gasteiger partial charge in [0.2, 0.25) is 0 Å². The van der Waals surface area contributed by atoms with Gasteiger partial charge in [-0.15, -0.1) is 0 Å². The van der Waals surface area contributed by atoms with Crippen LogP contribution in [0.3, 0.4) is 0 Å². The maximum Gasteiger partial charge on any atom is 0.160 e. The van der Waals surface area contributed by atoms with E-state index in [1.165, 1.54) is 5.56 Å². The molecule has 2 aromatic heterocycles. The Morgan fingerprint density at radius 1 is 0.818 bits per heavy atom. The first-order chi connectivity index (χ1) is 16.2. The van der Waals surface area contributed by atoms with Gasteiger partial charge in [-0.25, -0.2) is 4.98 Å². The monoisotopic (exact) mass is 444 g/mol. The van der Waals surface area contributed by atoms with Crippen LogP contribution >= 0.6 is 0 Å². The second-order valence-corrected chi connectivity index (χ2v) is 6.56. The maximum absolute atomic E-state index is 12.4. The third-order valence-electron chi connectivity index (χ3n) is 4.86. The van der Waals surface area contributed by atoms with E-state index in [4.69, 9.17) is 10.1 Å². The number of aromatic nitrogens is 2. The van der Waals surface area contributed by atoms with Crippen LogP contribution in [-0.2, 0) is 6.42 Å². The largest absolute Gasteiger partial charge is 0.400 e. The molecule has 0 saturated carbocycles. The third-order valence-corrected chi connectivity index (χ3v) is 4.86. The Morgan fingerprint density at radius 3 is 1.91 bits per heavy atom. The SMILES string of the molecule is CC.CC.CCc1c(-c2ccc(-c3ccccc3)cc2)nc2ccncc2c1C(C)=O.CO. The molecule has 0 bridgehead atoms. The molecule has 174 valence electrons. The molecule has 4 nitrogen and oxygen atoms in total. The van der Waals surface area contributed by atoms with Gasteiger partial charge in [-0.3, -0.25) is 9.78 Å². The lowest BCUT2D eigenvalue weighted by atomic mass is 9.93. The van der Waals surface area contributed by atoms with Gasteiger partial charge in [0.1, 0.15) is 0 Å². The lowest BCUT2D eigenvalue weighted by molar-refractivity contribution is 0.101. The van der Waals surface area contributed by atoms with Crippen LogP contribution < -0.4 is 0 Å². The summed E-state index contributed by atoms with van der Waals surface area (Å²) in [5, 5.41) is 7.83. The maximum atomic E-state index is 12.4. The summed E-state index contributed by atoms with van der Waals surface area (Å²) in [6, 6.07) is 20.5. The molecule has 0 aliphatic carbocycles. The van der Waals surface area contributed by atoms with Crippen molar-refractivity contribution in [1.82, 2.24) is 9.97 Å². The highest BCUT2D eigenvalue weighted by molar-refractivity contribution is 6.08. The molecule has 2 heterocycles. The molecule has 0 radical (unpaired) electrons. The summed E-state index contributed by atoms with van der Waals surface area (Å²) in [5.74, 6) is 0.0504. The Bertz CT molecular complexity index is 1120. The second-order valence-electron chi connectivity index (χ2n) is 6.56. The zero-order valence-corrected chi connectivity index (χ0v) is 20.9. The highest BCUT2D eigenvalue weighted by atomic mass is 16.2. The fraction of sp³-hybridized carbons (Fsp3) is 0.276. The molecular weight excluding hydrogens is 408 g/mol. The lowest BCUT2D eigenvalue weighted by Gasteiger charge is -2.15. The van der Waals surface area contributed by atoms with Gasteiger partial charge < -0.3 is 5.11 Å². The summed E-state index contributed by atoms with van der Waals surface area (Å²) in [5.41, 5.74) is 6.76. The summed E-state index contributed by atoms with van der Waals surface area (Å²) in [7, 11) is 1.00. The van der Waals surface area contributed by atoms with Crippen molar-refractivity contribution in [3.8, 4) is 22.4 Å². The van der Waals surface area contributed by atoms with Gasteiger partial charge in [0.25, 0.3) is 0 Å². The van der Waals surface area contributed by atoms with E-state index in [0.29, 0.717) is 0 Å². The zero-order valence-electron chi connectivity index (χ0n) is 20.9. The Hall–Kier alpha value is -3.37. The van der Waals surface area contributed by atoms with E-state index >= 15 is 0 Å². The number of hydrogen-bond acceptors (Lipinski definition) is 4. The van der Waals surface area contributed by atoms with Crippen LogP contribution in [0.2, 0.25) is 0 Å². The molecule has 0 aliphatic heterocycles. The number of ketones is 1. The number of hydrogen-bond donors (Lipinski definition) is 1. The number of pyridine rings is 2. The highest BCUT2D eigenvalue weighted by Crippen LogP contribution is 2.32. The van der Waals surface area contributed by atoms with Crippen molar-refractivity contribution in [2.24, 2.45) is 0 Å². The molecule has 0 aliphatic rings. The Kier molecular flexibility index (Phi) is 12.3. The minimum Gasteiger partial charge on any atom is -0.400 e. The summed E-state index contributed by atoms with van der Waals surface area (Å²) in [6.45, 7) is 11.7. The van der Waals surface area contributed by atoms with Crippen molar-refractivity contribution in [2.45, 2.75) is 48.0 Å². The first-order valence-electron chi connectivity index (χ1n) is 11.6. The molecule has 0 unspecified atom stereocenters. The average molecular weight is 445 g/mol. The number of aliphatic hydroxyl groups excluding tert-OH is 1. The molecular formula is C29H36N2O2. The van der Waals surface area contributed by atoms with E-state index in [1.807, 2.05) is 52.0 Å². The minimum absolute atomic E-state index is 0.0504. The van der Waals surface area contributed by atoms with Crippen molar-refractivity contribution in [1.29, 1.82) is 0 Å². The van der Waals surface area contributed by atoms with Crippen LogP contribution in [0.15, 0.2) is 73.1 Å². The highest BCUT2D eigenvalue weighted by Gasteiger charge is 2.18. The van der Waals surface area contributed by atoms with E-state index in [9.17, 15) is 4.79 Å². The number of carbonyl (C=O) groups excluding carboxylic acids is 1. The molecule has 0 atom stereocenters. The molecule has 0 saturated heterocycles. The predicted molar refractivity (Wildman–Crippen MR) is 141 cm³/mol. The van der Waals surface area contributed by atoms with Gasteiger partial charge in [-0.2, -0.15) is 0 Å². The van der Waals surface area contributed by atoms with Gasteiger partial charge in [0.05, 0.1) is 11.2 Å². The topological polar surface area (TPSA) is 63.1 Å². The number of carbonyl (C=O) groups is 1. The van der Waals surface area contributed by atoms with E-state index in [1.54, 1.807) is 19.3 Å². The van der Waals surface area contributed by atoms with Gasteiger partial charge >= 0.3 is 0 Å². The molecule has 0 spiro atoms. The number of benzene rings is 2. The first kappa shape index (κ1) is 27.7. The number of nitrogens with zero attached hydrogens (tertiary/aromatic N) is 2. The smallest absolute Gasteiger partial charge is 0.160 e. The molecule has 33 heavy (non-hydrogen) atoms. The number of aliphatic hydroxyl groups is 1. The van der Waals surface area contributed by atoms with Crippen LogP contribution in [0.25, 0.3) is 33.3 Å². The zero-order chi connectivity index (χ0) is 24.8. The van der Waals surface area contributed by atoms with Crippen molar-refractivity contribution in [3.63, 3.8) is 0 Å². The van der Waals surface area contributed by atoms with Crippen molar-refractivity contribution < 1.29 is 9.90 Å². The van der Waals surface area contributed by atoms with Crippen LogP contribution in [0.5, 0.6) is 0 Å². The van der Waals surface area contributed by atoms with Gasteiger partial charge in [0, 0.05) is 36.0 Å². The van der Waals surface area contributed by atoms with Gasteiger partial charge in [-0.05, 0) is 36.1 Å². The fourth-order valence-corrected chi connectivity index (χ4v) is 3.58. The van der Waals surface area contributed by atoms with Gasteiger partial charge in [0.15, 0.2) is 5.78 Å². The Balaban J connectivity index is 0.000000841. The number of fused-ring (bicyclic) bond motifs is 1. The molecule has 1 N–H and O–H groups in total. The molecule has 4 aromatic rings. The predicted octanol–water partition coefficient (Wildman–Crippen LogP) is 7.39. The summed E-state index contributed by atoms with van der Waals surface area (Å²) in [4.78, 5) is 21.5. The van der Waals surface area contributed by atoms with E-state index in [2.05, 4.69) is 48.3 Å². The second kappa shape index (κ2) is 14.6. The van der Waals surface area contributed by atoms with Crippen molar-refractivity contribution in [2.75, 3.05) is 7.11 Å². The molecule has 4 rings (SSSR count). The molecule has 0 fully saturated rings. The molecule has 0 amide bonds. The number of Topliss-reactive ketones (excluding diaryl/α,β-unsaturated/α-hetero) is 1. The Morgan fingerprint density at radius 2 is 1.36 bits per heavy atom. The molecule has 2 aromatic carbocycles. The third kappa shape index (κ3) is 6.56. The Labute approximate surface area is 198 Å². The number of rotatable bonds is 4. The standard InChI is InChI=1S/C24H20N2O.2C2H6.CH4O/c1-3-20-23(16(2)27)21-15-25-14-13-22(21)26-24(20)19-11-9-18(10-12-19)17-7-5-4-6-8-17;3*1-2/h4-15H,3H2,1-2H3;2*1-2H3;2H,1H3. The van der Waals surface area contributed by atoms with Gasteiger partial charge in [-0.1, -0.05) is 89.2 Å². The van der Waals surface area contributed by atoms with E-state index in [-0.39, 0.29) is 5.78 Å². The average Bonchev–Trinajstić information content (AvgIpc) is 2.91. The summed E-state index contributed by atoms with van der Waals surface area (Å²) >= 11 is 0. The quantitative estimate of drug-likeness (QED) is 0.333.